The molecule has 0 amide bonds. The summed E-state index contributed by atoms with van der Waals surface area (Å²) < 4.78 is 12.3. The van der Waals surface area contributed by atoms with E-state index < -0.39 is 0 Å². The number of ketones is 1. The molecule has 3 fully saturated rings. The maximum atomic E-state index is 12.5. The minimum atomic E-state index is -0.321. The highest BCUT2D eigenvalue weighted by Gasteiger charge is 2.63. The van der Waals surface area contributed by atoms with Crippen LogP contribution in [0.25, 0.3) is 0 Å². The van der Waals surface area contributed by atoms with Gasteiger partial charge in [0.25, 0.3) is 0 Å². The van der Waals surface area contributed by atoms with E-state index in [9.17, 15) is 4.79 Å². The van der Waals surface area contributed by atoms with Gasteiger partial charge in [0.1, 0.15) is 0 Å². The zero-order valence-corrected chi connectivity index (χ0v) is 18.3. The first kappa shape index (κ1) is 19.1. The molecule has 1 spiro atoms. The van der Waals surface area contributed by atoms with Gasteiger partial charge in [-0.25, -0.2) is 0 Å². The van der Waals surface area contributed by atoms with Crippen molar-refractivity contribution in [2.75, 3.05) is 13.2 Å². The largest absolute Gasteiger partial charge is 0.348 e. The quantitative estimate of drug-likeness (QED) is 0.552. The van der Waals surface area contributed by atoms with Crippen molar-refractivity contribution in [3.8, 4) is 0 Å². The molecule has 0 aromatic carbocycles. The van der Waals surface area contributed by atoms with Crippen LogP contribution in [0.1, 0.15) is 79.6 Å². The smallest absolute Gasteiger partial charge is 0.169 e. The Balaban J connectivity index is 1.51. The van der Waals surface area contributed by atoms with Crippen molar-refractivity contribution >= 4 is 5.78 Å². The fourth-order valence-corrected chi connectivity index (χ4v) is 8.25. The molecule has 28 heavy (non-hydrogen) atoms. The standard InChI is InChI=1S/C25H36O3/c1-16-14-20-18-6-8-22(3)15-25(27-12-13-28-25)11-10-24(22,5)19(18)7-9-23(20,4)21(16)17(2)26/h7,18,20H,6,8-15H2,1-5H3/t18?,20?,22?,23-,24?/m0/s1. The third kappa shape index (κ3) is 2.27. The molecule has 154 valence electrons. The van der Waals surface area contributed by atoms with E-state index in [1.807, 2.05) is 0 Å². The van der Waals surface area contributed by atoms with Gasteiger partial charge in [-0.15, -0.1) is 0 Å². The monoisotopic (exact) mass is 384 g/mol. The fourth-order valence-electron chi connectivity index (χ4n) is 8.25. The number of fused-ring (bicyclic) bond motifs is 5. The summed E-state index contributed by atoms with van der Waals surface area (Å²) in [5.41, 5.74) is 4.70. The molecule has 5 atom stereocenters. The number of carbonyl (C=O) groups is 1. The Morgan fingerprint density at radius 1 is 1.11 bits per heavy atom. The second kappa shape index (κ2) is 5.82. The van der Waals surface area contributed by atoms with Crippen molar-refractivity contribution in [1.82, 2.24) is 0 Å². The van der Waals surface area contributed by atoms with Gasteiger partial charge in [0.15, 0.2) is 11.6 Å². The van der Waals surface area contributed by atoms with Crippen molar-refractivity contribution in [3.05, 3.63) is 22.8 Å². The highest BCUT2D eigenvalue weighted by Crippen LogP contribution is 2.70. The van der Waals surface area contributed by atoms with Crippen LogP contribution >= 0.6 is 0 Å². The maximum absolute atomic E-state index is 12.5. The second-order valence-corrected chi connectivity index (χ2v) is 11.1. The van der Waals surface area contributed by atoms with Gasteiger partial charge >= 0.3 is 0 Å². The average molecular weight is 385 g/mol. The predicted molar refractivity (Wildman–Crippen MR) is 110 cm³/mol. The normalized spacial score (nSPS) is 46.8. The highest BCUT2D eigenvalue weighted by atomic mass is 16.7. The summed E-state index contributed by atoms with van der Waals surface area (Å²) in [6.07, 6.45) is 10.4. The van der Waals surface area contributed by atoms with Crippen LogP contribution in [0.15, 0.2) is 22.8 Å². The van der Waals surface area contributed by atoms with Crippen LogP contribution in [-0.4, -0.2) is 24.8 Å². The Labute approximate surface area is 169 Å². The molecule has 0 aromatic rings. The summed E-state index contributed by atoms with van der Waals surface area (Å²) in [6.45, 7) is 12.8. The van der Waals surface area contributed by atoms with Crippen molar-refractivity contribution in [2.45, 2.75) is 85.4 Å². The molecule has 2 saturated carbocycles. The van der Waals surface area contributed by atoms with Gasteiger partial charge in [-0.05, 0) is 68.6 Å². The SMILES string of the molecule is CC(=O)C1=C(C)CC2C3CCC4(C)CC5(CCC4(C)C3=CC[C@]12C)OCCO5. The van der Waals surface area contributed by atoms with E-state index in [0.717, 1.165) is 50.9 Å². The molecule has 0 bridgehead atoms. The van der Waals surface area contributed by atoms with Crippen LogP contribution in [0.3, 0.4) is 0 Å². The van der Waals surface area contributed by atoms with Gasteiger partial charge in [-0.1, -0.05) is 38.0 Å². The topological polar surface area (TPSA) is 35.5 Å². The van der Waals surface area contributed by atoms with Crippen LogP contribution in [-0.2, 0) is 14.3 Å². The molecule has 1 saturated heterocycles. The molecule has 0 radical (unpaired) electrons. The molecule has 5 rings (SSSR count). The first-order valence-corrected chi connectivity index (χ1v) is 11.3. The molecule has 4 unspecified atom stereocenters. The van der Waals surface area contributed by atoms with E-state index in [1.54, 1.807) is 12.5 Å². The fraction of sp³-hybridized carbons (Fsp3) is 0.800. The summed E-state index contributed by atoms with van der Waals surface area (Å²) in [5, 5.41) is 0. The third-order valence-electron chi connectivity index (χ3n) is 9.78. The summed E-state index contributed by atoms with van der Waals surface area (Å²) in [6, 6.07) is 0. The molecule has 3 nitrogen and oxygen atoms in total. The number of carbonyl (C=O) groups excluding carboxylic acids is 1. The Kier molecular flexibility index (Phi) is 3.96. The van der Waals surface area contributed by atoms with E-state index in [-0.39, 0.29) is 22.0 Å². The molecular formula is C25H36O3. The lowest BCUT2D eigenvalue weighted by atomic mass is 9.43. The van der Waals surface area contributed by atoms with Crippen LogP contribution in [0.5, 0.6) is 0 Å². The van der Waals surface area contributed by atoms with Crippen LogP contribution in [0, 0.1) is 28.1 Å². The van der Waals surface area contributed by atoms with E-state index in [1.165, 1.54) is 18.4 Å². The van der Waals surface area contributed by atoms with Crippen molar-refractivity contribution in [1.29, 1.82) is 0 Å². The minimum Gasteiger partial charge on any atom is -0.348 e. The van der Waals surface area contributed by atoms with Crippen LogP contribution in [0.2, 0.25) is 0 Å². The van der Waals surface area contributed by atoms with Crippen LogP contribution in [0.4, 0.5) is 0 Å². The Morgan fingerprint density at radius 3 is 2.50 bits per heavy atom. The molecule has 0 N–H and O–H groups in total. The van der Waals surface area contributed by atoms with Gasteiger partial charge in [-0.3, -0.25) is 4.79 Å². The Morgan fingerprint density at radius 2 is 1.82 bits per heavy atom. The third-order valence-corrected chi connectivity index (χ3v) is 9.78. The maximum Gasteiger partial charge on any atom is 0.169 e. The van der Waals surface area contributed by atoms with Gasteiger partial charge in [0.05, 0.1) is 13.2 Å². The number of rotatable bonds is 1. The molecule has 3 heteroatoms. The summed E-state index contributed by atoms with van der Waals surface area (Å²) in [4.78, 5) is 12.5. The molecular weight excluding hydrogens is 348 g/mol. The predicted octanol–water partition coefficient (Wildman–Crippen LogP) is 5.60. The summed E-state index contributed by atoms with van der Waals surface area (Å²) in [7, 11) is 0. The van der Waals surface area contributed by atoms with Gasteiger partial charge in [0.2, 0.25) is 0 Å². The average Bonchev–Trinajstić information content (AvgIpc) is 3.17. The lowest BCUT2D eigenvalue weighted by Gasteiger charge is -2.62. The first-order valence-electron chi connectivity index (χ1n) is 11.3. The lowest BCUT2D eigenvalue weighted by Crippen LogP contribution is -2.56. The lowest BCUT2D eigenvalue weighted by molar-refractivity contribution is -0.229. The van der Waals surface area contributed by atoms with E-state index >= 15 is 0 Å². The molecule has 5 aliphatic rings. The van der Waals surface area contributed by atoms with E-state index in [0.29, 0.717) is 17.6 Å². The highest BCUT2D eigenvalue weighted by molar-refractivity contribution is 5.96. The van der Waals surface area contributed by atoms with Gasteiger partial charge in [-0.2, -0.15) is 0 Å². The summed E-state index contributed by atoms with van der Waals surface area (Å²) in [5.74, 6) is 1.20. The number of Topliss-reactive ketones (excluding diaryl/α,β-unsaturated/α-hetero) is 1. The molecule has 0 aromatic heterocycles. The minimum absolute atomic E-state index is 0.0434. The number of hydrogen-bond donors (Lipinski definition) is 0. The second-order valence-electron chi connectivity index (χ2n) is 11.1. The number of hydrogen-bond acceptors (Lipinski definition) is 3. The first-order chi connectivity index (χ1) is 13.1. The Hall–Kier alpha value is -0.930. The zero-order chi connectivity index (χ0) is 19.9. The molecule has 1 heterocycles. The molecule has 1 aliphatic heterocycles. The van der Waals surface area contributed by atoms with E-state index in [4.69, 9.17) is 9.47 Å². The summed E-state index contributed by atoms with van der Waals surface area (Å²) >= 11 is 0. The van der Waals surface area contributed by atoms with Crippen molar-refractivity contribution in [3.63, 3.8) is 0 Å². The van der Waals surface area contributed by atoms with Gasteiger partial charge < -0.3 is 9.47 Å². The van der Waals surface area contributed by atoms with Crippen molar-refractivity contribution in [2.24, 2.45) is 28.1 Å². The van der Waals surface area contributed by atoms with E-state index in [2.05, 4.69) is 33.8 Å². The van der Waals surface area contributed by atoms with Crippen LogP contribution < -0.4 is 0 Å². The van der Waals surface area contributed by atoms with Gasteiger partial charge in [0, 0.05) is 23.8 Å². The zero-order valence-electron chi connectivity index (χ0n) is 18.3. The van der Waals surface area contributed by atoms with Crippen molar-refractivity contribution < 1.29 is 14.3 Å². The number of allylic oxidation sites excluding steroid dienone is 4. The molecule has 4 aliphatic carbocycles. The number of ether oxygens (including phenoxy) is 2. The Bertz CT molecular complexity index is 786.